The maximum Gasteiger partial charge on any atom is 0.277 e. The summed E-state index contributed by atoms with van der Waals surface area (Å²) in [6, 6.07) is 14.8. The molecule has 0 aromatic heterocycles. The zero-order valence-corrected chi connectivity index (χ0v) is 13.5. The molecule has 2 aromatic carbocycles. The standard InChI is InChI=1S/C16H15ClN2O2S/c1-22-13-8-6-12(7-9-13)10-18-19-16(20)11-21-15-5-3-2-4-14(15)17/h2-10H,11H2,1H3,(H,19,20). The van der Waals surface area contributed by atoms with Gasteiger partial charge in [-0.1, -0.05) is 35.9 Å². The smallest absolute Gasteiger partial charge is 0.277 e. The minimum atomic E-state index is -0.350. The summed E-state index contributed by atoms with van der Waals surface area (Å²) in [6.07, 6.45) is 3.60. The number of benzene rings is 2. The van der Waals surface area contributed by atoms with Crippen molar-refractivity contribution >= 4 is 35.5 Å². The molecule has 0 fully saturated rings. The fourth-order valence-corrected chi connectivity index (χ4v) is 2.20. The zero-order chi connectivity index (χ0) is 15.8. The lowest BCUT2D eigenvalue weighted by Gasteiger charge is -2.06. The first-order valence-corrected chi connectivity index (χ1v) is 8.12. The number of hydrogen-bond donors (Lipinski definition) is 1. The zero-order valence-electron chi connectivity index (χ0n) is 12.0. The second-order valence-corrected chi connectivity index (χ2v) is 5.57. The van der Waals surface area contributed by atoms with Crippen LogP contribution in [0.5, 0.6) is 5.75 Å². The van der Waals surface area contributed by atoms with Crippen LogP contribution in [0.4, 0.5) is 0 Å². The van der Waals surface area contributed by atoms with E-state index in [9.17, 15) is 4.79 Å². The van der Waals surface area contributed by atoms with E-state index in [0.717, 1.165) is 5.56 Å². The Balaban J connectivity index is 1.79. The van der Waals surface area contributed by atoms with Gasteiger partial charge in [-0.05, 0) is 36.1 Å². The van der Waals surface area contributed by atoms with E-state index in [0.29, 0.717) is 10.8 Å². The van der Waals surface area contributed by atoms with Crippen molar-refractivity contribution in [2.75, 3.05) is 12.9 Å². The van der Waals surface area contributed by atoms with Gasteiger partial charge >= 0.3 is 0 Å². The number of thioether (sulfide) groups is 1. The molecule has 114 valence electrons. The predicted octanol–water partition coefficient (Wildman–Crippen LogP) is 3.59. The number of nitrogens with zero attached hydrogens (tertiary/aromatic N) is 1. The van der Waals surface area contributed by atoms with Crippen LogP contribution in [0.25, 0.3) is 0 Å². The molecule has 4 nitrogen and oxygen atoms in total. The van der Waals surface area contributed by atoms with Gasteiger partial charge in [-0.15, -0.1) is 11.8 Å². The van der Waals surface area contributed by atoms with E-state index in [4.69, 9.17) is 16.3 Å². The van der Waals surface area contributed by atoms with Crippen molar-refractivity contribution in [3.63, 3.8) is 0 Å². The lowest BCUT2D eigenvalue weighted by atomic mass is 10.2. The maximum absolute atomic E-state index is 11.6. The number of halogens is 1. The van der Waals surface area contributed by atoms with Gasteiger partial charge in [0.2, 0.25) is 0 Å². The summed E-state index contributed by atoms with van der Waals surface area (Å²) in [5, 5.41) is 4.35. The summed E-state index contributed by atoms with van der Waals surface area (Å²) in [7, 11) is 0. The van der Waals surface area contributed by atoms with Crippen LogP contribution in [0.2, 0.25) is 5.02 Å². The highest BCUT2D eigenvalue weighted by Gasteiger charge is 2.04. The number of hydrazone groups is 1. The third-order valence-electron chi connectivity index (χ3n) is 2.71. The quantitative estimate of drug-likeness (QED) is 0.499. The maximum atomic E-state index is 11.6. The van der Waals surface area contributed by atoms with Crippen LogP contribution in [0.1, 0.15) is 5.56 Å². The predicted molar refractivity (Wildman–Crippen MR) is 90.9 cm³/mol. The van der Waals surface area contributed by atoms with Crippen molar-refractivity contribution in [1.29, 1.82) is 0 Å². The van der Waals surface area contributed by atoms with Gasteiger partial charge in [-0.25, -0.2) is 5.43 Å². The van der Waals surface area contributed by atoms with Crippen molar-refractivity contribution in [2.45, 2.75) is 4.90 Å². The summed E-state index contributed by atoms with van der Waals surface area (Å²) in [5.41, 5.74) is 3.31. The first-order chi connectivity index (χ1) is 10.7. The van der Waals surface area contributed by atoms with Gasteiger partial charge in [0, 0.05) is 4.90 Å². The molecule has 22 heavy (non-hydrogen) atoms. The second-order valence-electron chi connectivity index (χ2n) is 4.29. The van der Waals surface area contributed by atoms with Crippen LogP contribution in [0, 0.1) is 0 Å². The highest BCUT2D eigenvalue weighted by Crippen LogP contribution is 2.22. The average Bonchev–Trinajstić information content (AvgIpc) is 2.55. The van der Waals surface area contributed by atoms with Gasteiger partial charge in [0.1, 0.15) is 5.75 Å². The number of ether oxygens (including phenoxy) is 1. The monoisotopic (exact) mass is 334 g/mol. The third kappa shape index (κ3) is 5.09. The van der Waals surface area contributed by atoms with E-state index in [1.54, 1.807) is 42.2 Å². The number of nitrogens with one attached hydrogen (secondary N) is 1. The number of amides is 1. The lowest BCUT2D eigenvalue weighted by Crippen LogP contribution is -2.24. The SMILES string of the molecule is CSc1ccc(C=NNC(=O)COc2ccccc2Cl)cc1. The van der Waals surface area contributed by atoms with Crippen LogP contribution in [-0.4, -0.2) is 25.0 Å². The van der Waals surface area contributed by atoms with Crippen LogP contribution in [0.3, 0.4) is 0 Å². The van der Waals surface area contributed by atoms with Gasteiger partial charge < -0.3 is 4.74 Å². The molecule has 0 unspecified atom stereocenters. The molecule has 0 saturated heterocycles. The van der Waals surface area contributed by atoms with Crippen molar-refractivity contribution in [2.24, 2.45) is 5.10 Å². The Labute approximate surface area is 138 Å². The summed E-state index contributed by atoms with van der Waals surface area (Å²) in [6.45, 7) is -0.146. The Morgan fingerprint density at radius 1 is 1.27 bits per heavy atom. The molecule has 2 rings (SSSR count). The molecule has 0 radical (unpaired) electrons. The number of rotatable bonds is 6. The van der Waals surface area contributed by atoms with Crippen LogP contribution in [-0.2, 0) is 4.79 Å². The molecule has 1 amide bonds. The average molecular weight is 335 g/mol. The van der Waals surface area contributed by atoms with Crippen molar-refractivity contribution in [3.05, 3.63) is 59.1 Å². The highest BCUT2D eigenvalue weighted by atomic mass is 35.5. The van der Waals surface area contributed by atoms with E-state index in [1.165, 1.54) is 4.90 Å². The molecule has 6 heteroatoms. The molecule has 0 aliphatic heterocycles. The van der Waals surface area contributed by atoms with Gasteiger partial charge in [-0.2, -0.15) is 5.10 Å². The van der Waals surface area contributed by atoms with Crippen molar-refractivity contribution < 1.29 is 9.53 Å². The molecule has 0 saturated carbocycles. The molecule has 0 spiro atoms. The van der Waals surface area contributed by atoms with Crippen LogP contribution in [0.15, 0.2) is 58.5 Å². The Kier molecular flexibility index (Phi) is 6.30. The fraction of sp³-hybridized carbons (Fsp3) is 0.125. The molecule has 1 N–H and O–H groups in total. The van der Waals surface area contributed by atoms with Crippen molar-refractivity contribution in [3.8, 4) is 5.75 Å². The number of carbonyl (C=O) groups is 1. The molecule has 2 aromatic rings. The molecule has 0 aliphatic rings. The van der Waals surface area contributed by atoms with Gasteiger partial charge in [0.05, 0.1) is 11.2 Å². The second kappa shape index (κ2) is 8.46. The summed E-state index contributed by atoms with van der Waals surface area (Å²) < 4.78 is 5.31. The summed E-state index contributed by atoms with van der Waals surface area (Å²) in [5.74, 6) is 0.118. The molecule has 0 atom stereocenters. The molecular formula is C16H15ClN2O2S. The minimum Gasteiger partial charge on any atom is -0.482 e. The van der Waals surface area contributed by atoms with E-state index in [-0.39, 0.29) is 12.5 Å². The number of para-hydroxylation sites is 1. The molecular weight excluding hydrogens is 320 g/mol. The van der Waals surface area contributed by atoms with E-state index in [1.807, 2.05) is 30.5 Å². The summed E-state index contributed by atoms with van der Waals surface area (Å²) in [4.78, 5) is 12.8. The van der Waals surface area contributed by atoms with Gasteiger partial charge in [-0.3, -0.25) is 4.79 Å². The molecule has 0 heterocycles. The minimum absolute atomic E-state index is 0.146. The highest BCUT2D eigenvalue weighted by molar-refractivity contribution is 7.98. The normalized spacial score (nSPS) is 10.6. The Morgan fingerprint density at radius 3 is 2.68 bits per heavy atom. The van der Waals surface area contributed by atoms with Crippen LogP contribution < -0.4 is 10.2 Å². The largest absolute Gasteiger partial charge is 0.482 e. The van der Waals surface area contributed by atoms with Gasteiger partial charge in [0.25, 0.3) is 5.91 Å². The number of carbonyl (C=O) groups excluding carboxylic acids is 1. The van der Waals surface area contributed by atoms with Crippen LogP contribution >= 0.6 is 23.4 Å². The topological polar surface area (TPSA) is 50.7 Å². The number of hydrogen-bond acceptors (Lipinski definition) is 4. The Bertz CT molecular complexity index is 659. The van der Waals surface area contributed by atoms with E-state index < -0.39 is 0 Å². The molecule has 0 bridgehead atoms. The Hall–Kier alpha value is -1.98. The Morgan fingerprint density at radius 2 is 2.00 bits per heavy atom. The molecule has 0 aliphatic carbocycles. The fourth-order valence-electron chi connectivity index (χ4n) is 1.61. The van der Waals surface area contributed by atoms with Gasteiger partial charge in [0.15, 0.2) is 6.61 Å². The first-order valence-electron chi connectivity index (χ1n) is 6.52. The third-order valence-corrected chi connectivity index (χ3v) is 3.77. The summed E-state index contributed by atoms with van der Waals surface area (Å²) >= 11 is 7.60. The lowest BCUT2D eigenvalue weighted by molar-refractivity contribution is -0.123. The van der Waals surface area contributed by atoms with E-state index >= 15 is 0 Å². The van der Waals surface area contributed by atoms with E-state index in [2.05, 4.69) is 10.5 Å². The van der Waals surface area contributed by atoms with Crippen molar-refractivity contribution in [1.82, 2.24) is 5.43 Å². The first kappa shape index (κ1) is 16.4.